The summed E-state index contributed by atoms with van der Waals surface area (Å²) in [4.78, 5) is 0.162. The molecule has 1 fully saturated rings. The van der Waals surface area contributed by atoms with Crippen LogP contribution in [0.3, 0.4) is 0 Å². The first kappa shape index (κ1) is 17.6. The van der Waals surface area contributed by atoms with Gasteiger partial charge in [-0.15, -0.1) is 0 Å². The number of nitrogens with zero attached hydrogens (tertiary/aromatic N) is 1. The molecule has 2 rings (SSSR count). The molecule has 124 valence electrons. The molecule has 1 atom stereocenters. The minimum absolute atomic E-state index is 0.0538. The van der Waals surface area contributed by atoms with E-state index in [1.807, 2.05) is 6.92 Å². The summed E-state index contributed by atoms with van der Waals surface area (Å²) in [6, 6.07) is 3.22. The number of hydrogen-bond donors (Lipinski definition) is 0. The molecule has 0 spiro atoms. The van der Waals surface area contributed by atoms with Crippen molar-refractivity contribution in [2.45, 2.75) is 43.5 Å². The summed E-state index contributed by atoms with van der Waals surface area (Å²) in [5.74, 6) is 0.803. The molecule has 22 heavy (non-hydrogen) atoms. The highest BCUT2D eigenvalue weighted by molar-refractivity contribution is 9.10. The Morgan fingerprint density at radius 3 is 2.50 bits per heavy atom. The summed E-state index contributed by atoms with van der Waals surface area (Å²) in [7, 11) is -0.622. The van der Waals surface area contributed by atoms with E-state index in [0.29, 0.717) is 22.5 Å². The third kappa shape index (κ3) is 3.26. The molecule has 0 saturated carbocycles. The van der Waals surface area contributed by atoms with Crippen molar-refractivity contribution in [2.75, 3.05) is 20.8 Å². The molecule has 0 aromatic heterocycles. The minimum Gasteiger partial charge on any atom is -0.496 e. The van der Waals surface area contributed by atoms with Gasteiger partial charge in [0.2, 0.25) is 10.0 Å². The third-order valence-corrected chi connectivity index (χ3v) is 6.66. The Labute approximate surface area is 140 Å². The first-order chi connectivity index (χ1) is 10.5. The Bertz CT molecular complexity index is 633. The lowest BCUT2D eigenvalue weighted by Gasteiger charge is -2.34. The number of piperidine rings is 1. The molecular formula is C15H22BrNO4S. The van der Waals surface area contributed by atoms with Crippen molar-refractivity contribution in [3.8, 4) is 11.5 Å². The summed E-state index contributed by atoms with van der Waals surface area (Å²) >= 11 is 3.36. The van der Waals surface area contributed by atoms with Gasteiger partial charge in [0.1, 0.15) is 16.4 Å². The molecule has 0 bridgehead atoms. The van der Waals surface area contributed by atoms with E-state index in [2.05, 4.69) is 15.9 Å². The lowest BCUT2D eigenvalue weighted by Crippen LogP contribution is -2.43. The van der Waals surface area contributed by atoms with Gasteiger partial charge in [0.25, 0.3) is 0 Å². The molecule has 7 heteroatoms. The zero-order chi connectivity index (χ0) is 16.3. The highest BCUT2D eigenvalue weighted by atomic mass is 79.9. The molecule has 1 heterocycles. The molecule has 1 unspecified atom stereocenters. The summed E-state index contributed by atoms with van der Waals surface area (Å²) < 4.78 is 39.0. The van der Waals surface area contributed by atoms with E-state index in [0.717, 1.165) is 25.7 Å². The molecule has 0 aliphatic carbocycles. The van der Waals surface area contributed by atoms with E-state index in [1.165, 1.54) is 20.3 Å². The van der Waals surface area contributed by atoms with Gasteiger partial charge in [0, 0.05) is 18.7 Å². The van der Waals surface area contributed by atoms with Crippen LogP contribution in [-0.2, 0) is 10.0 Å². The predicted molar refractivity (Wildman–Crippen MR) is 89.1 cm³/mol. The van der Waals surface area contributed by atoms with Gasteiger partial charge in [-0.1, -0.05) is 13.3 Å². The van der Waals surface area contributed by atoms with Crippen molar-refractivity contribution in [1.82, 2.24) is 4.31 Å². The topological polar surface area (TPSA) is 55.8 Å². The smallest absolute Gasteiger partial charge is 0.247 e. The van der Waals surface area contributed by atoms with Gasteiger partial charge in [-0.25, -0.2) is 8.42 Å². The Hall–Kier alpha value is -0.790. The molecule has 1 aliphatic heterocycles. The molecule has 0 N–H and O–H groups in total. The van der Waals surface area contributed by atoms with Crippen molar-refractivity contribution < 1.29 is 17.9 Å². The number of ether oxygens (including phenoxy) is 2. The van der Waals surface area contributed by atoms with E-state index in [1.54, 1.807) is 10.4 Å². The van der Waals surface area contributed by atoms with Gasteiger partial charge in [-0.2, -0.15) is 4.31 Å². The van der Waals surface area contributed by atoms with Crippen LogP contribution >= 0.6 is 15.9 Å². The number of sulfonamides is 1. The first-order valence-electron chi connectivity index (χ1n) is 7.39. The summed E-state index contributed by atoms with van der Waals surface area (Å²) in [5, 5.41) is 0. The SMILES string of the molecule is CCC1CCCCN1S(=O)(=O)c1cc(OC)c(Br)cc1OC. The van der Waals surface area contributed by atoms with Gasteiger partial charge in [0.05, 0.1) is 18.7 Å². The van der Waals surface area contributed by atoms with E-state index in [9.17, 15) is 8.42 Å². The first-order valence-corrected chi connectivity index (χ1v) is 9.62. The quantitative estimate of drug-likeness (QED) is 0.771. The van der Waals surface area contributed by atoms with Crippen LogP contribution in [0.15, 0.2) is 21.5 Å². The van der Waals surface area contributed by atoms with E-state index >= 15 is 0 Å². The molecule has 5 nitrogen and oxygen atoms in total. The van der Waals surface area contributed by atoms with Crippen LogP contribution in [0.1, 0.15) is 32.6 Å². The molecule has 1 saturated heterocycles. The van der Waals surface area contributed by atoms with Crippen LogP contribution in [0.5, 0.6) is 11.5 Å². The number of halogens is 1. The fourth-order valence-corrected chi connectivity index (χ4v) is 5.26. The molecule has 0 radical (unpaired) electrons. The second kappa shape index (κ2) is 7.19. The van der Waals surface area contributed by atoms with Gasteiger partial charge >= 0.3 is 0 Å². The zero-order valence-corrected chi connectivity index (χ0v) is 15.5. The summed E-state index contributed by atoms with van der Waals surface area (Å²) in [6.45, 7) is 2.58. The van der Waals surface area contributed by atoms with Gasteiger partial charge in [0.15, 0.2) is 0 Å². The summed E-state index contributed by atoms with van der Waals surface area (Å²) in [6.07, 6.45) is 3.69. The van der Waals surface area contributed by atoms with Crippen molar-refractivity contribution in [1.29, 1.82) is 0 Å². The summed E-state index contributed by atoms with van der Waals surface area (Å²) in [5.41, 5.74) is 0. The van der Waals surface area contributed by atoms with Gasteiger partial charge in [-0.05, 0) is 41.3 Å². The Balaban J connectivity index is 2.52. The Morgan fingerprint density at radius 2 is 1.91 bits per heavy atom. The average Bonchev–Trinajstić information content (AvgIpc) is 2.54. The fraction of sp³-hybridized carbons (Fsp3) is 0.600. The maximum Gasteiger partial charge on any atom is 0.247 e. The Morgan fingerprint density at radius 1 is 1.23 bits per heavy atom. The van der Waals surface area contributed by atoms with Crippen molar-refractivity contribution in [3.05, 3.63) is 16.6 Å². The second-order valence-electron chi connectivity index (χ2n) is 5.31. The van der Waals surface area contributed by atoms with E-state index < -0.39 is 10.0 Å². The molecule has 1 aromatic rings. The normalized spacial score (nSPS) is 19.9. The van der Waals surface area contributed by atoms with Crippen LogP contribution in [0.2, 0.25) is 0 Å². The van der Waals surface area contributed by atoms with E-state index in [-0.39, 0.29) is 10.9 Å². The highest BCUT2D eigenvalue weighted by Crippen LogP contribution is 2.38. The average molecular weight is 392 g/mol. The fourth-order valence-electron chi connectivity index (χ4n) is 2.86. The van der Waals surface area contributed by atoms with Crippen molar-refractivity contribution >= 4 is 26.0 Å². The van der Waals surface area contributed by atoms with Gasteiger partial charge < -0.3 is 9.47 Å². The standard InChI is InChI=1S/C15H22BrNO4S/c1-4-11-7-5-6-8-17(11)22(18,19)15-10-13(20-2)12(16)9-14(15)21-3/h9-11H,4-8H2,1-3H3. The lowest BCUT2D eigenvalue weighted by atomic mass is 10.0. The molecule has 1 aromatic carbocycles. The van der Waals surface area contributed by atoms with Crippen LogP contribution in [0.25, 0.3) is 0 Å². The lowest BCUT2D eigenvalue weighted by molar-refractivity contribution is 0.245. The molecule has 1 aliphatic rings. The largest absolute Gasteiger partial charge is 0.496 e. The second-order valence-corrected chi connectivity index (χ2v) is 8.02. The maximum atomic E-state index is 13.1. The molecule has 0 amide bonds. The Kier molecular flexibility index (Phi) is 5.74. The zero-order valence-electron chi connectivity index (χ0n) is 13.1. The minimum atomic E-state index is -3.61. The van der Waals surface area contributed by atoms with Crippen molar-refractivity contribution in [3.63, 3.8) is 0 Å². The highest BCUT2D eigenvalue weighted by Gasteiger charge is 2.35. The van der Waals surface area contributed by atoms with Gasteiger partial charge in [-0.3, -0.25) is 0 Å². The van der Waals surface area contributed by atoms with Crippen LogP contribution in [-0.4, -0.2) is 39.5 Å². The van der Waals surface area contributed by atoms with Crippen LogP contribution < -0.4 is 9.47 Å². The third-order valence-electron chi connectivity index (χ3n) is 4.07. The van der Waals surface area contributed by atoms with Crippen LogP contribution in [0, 0.1) is 0 Å². The number of rotatable bonds is 5. The van der Waals surface area contributed by atoms with Crippen LogP contribution in [0.4, 0.5) is 0 Å². The monoisotopic (exact) mass is 391 g/mol. The van der Waals surface area contributed by atoms with Crippen molar-refractivity contribution in [2.24, 2.45) is 0 Å². The number of hydrogen-bond acceptors (Lipinski definition) is 4. The molecular weight excluding hydrogens is 370 g/mol. The maximum absolute atomic E-state index is 13.1. The number of methoxy groups -OCH3 is 2. The van der Waals surface area contributed by atoms with E-state index in [4.69, 9.17) is 9.47 Å². The predicted octanol–water partition coefficient (Wildman–Crippen LogP) is 3.42. The number of benzene rings is 1.